The Hall–Kier alpha value is -5.20. The van der Waals surface area contributed by atoms with Crippen molar-refractivity contribution in [1.82, 2.24) is 19.5 Å². The molecule has 5 nitrogen and oxygen atoms in total. The SMILES string of the molecule is [2H]C(C)(C)c1cc(-c2[c-]cccc2)ncc1[Si](C)(C)C.[2H]C([2H])([2H])c1ccc2nc3oc4c(-c5nc6ccccc6n5-c5c(C(C)C)cccc5C(C)C)[c-]ccc4c3cc2c1.[Ir]. The van der Waals surface area contributed by atoms with Crippen molar-refractivity contribution in [1.29, 1.82) is 0 Å². The maximum Gasteiger partial charge on any atom is 0.216 e. The second-order valence-corrected chi connectivity index (χ2v) is 22.0. The van der Waals surface area contributed by atoms with Crippen molar-refractivity contribution in [2.45, 2.75) is 85.8 Å². The number of rotatable bonds is 7. The summed E-state index contributed by atoms with van der Waals surface area (Å²) in [6.45, 7) is 17.5. The quantitative estimate of drug-likeness (QED) is 0.118. The molecule has 0 aliphatic rings. The van der Waals surface area contributed by atoms with Crippen LogP contribution in [0.5, 0.6) is 0 Å². The van der Waals surface area contributed by atoms with Gasteiger partial charge in [0.15, 0.2) is 0 Å². The Morgan fingerprint density at radius 1 is 0.729 bits per heavy atom. The Morgan fingerprint density at radius 3 is 2.15 bits per heavy atom. The van der Waals surface area contributed by atoms with Crippen LogP contribution in [0.25, 0.3) is 72.3 Å². The normalized spacial score (nSPS) is 13.3. The van der Waals surface area contributed by atoms with Gasteiger partial charge in [0.1, 0.15) is 0 Å². The molecule has 1 radical (unpaired) electrons. The third-order valence-electron chi connectivity index (χ3n) is 10.8. The van der Waals surface area contributed by atoms with Gasteiger partial charge >= 0.3 is 0 Å². The second-order valence-electron chi connectivity index (χ2n) is 16.9. The first-order valence-electron chi connectivity index (χ1n) is 22.1. The Labute approximate surface area is 368 Å². The number of imidazole rings is 1. The van der Waals surface area contributed by atoms with Gasteiger partial charge in [-0.2, -0.15) is 0 Å². The molecule has 59 heavy (non-hydrogen) atoms. The predicted molar refractivity (Wildman–Crippen MR) is 246 cm³/mol. The van der Waals surface area contributed by atoms with Gasteiger partial charge in [-0.3, -0.25) is 4.98 Å². The van der Waals surface area contributed by atoms with E-state index in [-0.39, 0.29) is 25.7 Å². The summed E-state index contributed by atoms with van der Waals surface area (Å²) in [7, 11) is -1.50. The van der Waals surface area contributed by atoms with Crippen molar-refractivity contribution in [2.24, 2.45) is 0 Å². The van der Waals surface area contributed by atoms with E-state index in [1.807, 2.05) is 80.7 Å². The molecule has 0 bridgehead atoms. The fourth-order valence-electron chi connectivity index (χ4n) is 7.85. The molecule has 0 spiro atoms. The molecule has 5 aromatic carbocycles. The summed E-state index contributed by atoms with van der Waals surface area (Å²) in [5, 5.41) is 3.74. The molecular weight excluding hydrogens is 917 g/mol. The van der Waals surface area contributed by atoms with Gasteiger partial charge in [0.25, 0.3) is 0 Å². The zero-order chi connectivity index (χ0) is 44.3. The molecule has 0 amide bonds. The topological polar surface area (TPSA) is 56.7 Å². The largest absolute Gasteiger partial charge is 0.486 e. The molecule has 7 heteroatoms. The first-order valence-corrected chi connectivity index (χ1v) is 23.6. The standard InChI is InChI=1S/C35H30N3O.C17H22NSi.Ir/c1-20(2)24-10-8-11-25(21(3)4)32(24)38-31-15-7-6-14-30(31)36-34(38)27-13-9-12-26-28-19-23-18-22(5)16-17-29(23)37-35(28)39-33(26)27;1-13(2)15-11-16(14-9-7-6-8-10-14)18-12-17(15)19(3,4)5;/h6-12,14-21H,1-5H3;6-9,11-13H,1-5H3;/q2*-1;/i5D3;13D;. The molecule has 0 saturated heterocycles. The number of nitrogens with zero attached hydrogens (tertiary/aromatic N) is 4. The third-order valence-corrected chi connectivity index (χ3v) is 12.8. The molecule has 301 valence electrons. The van der Waals surface area contributed by atoms with E-state index in [1.165, 1.54) is 16.3 Å². The third kappa shape index (κ3) is 8.09. The average Bonchev–Trinajstić information content (AvgIpc) is 3.79. The summed E-state index contributed by atoms with van der Waals surface area (Å²) in [5.74, 6) is 0.748. The van der Waals surface area contributed by atoms with Crippen LogP contribution in [0, 0.1) is 19.0 Å². The van der Waals surface area contributed by atoms with Gasteiger partial charge in [0.05, 0.1) is 36.0 Å². The molecule has 4 heterocycles. The van der Waals surface area contributed by atoms with Crippen LogP contribution in [0.15, 0.2) is 120 Å². The van der Waals surface area contributed by atoms with Crippen molar-refractivity contribution in [3.63, 3.8) is 0 Å². The van der Waals surface area contributed by atoms with E-state index < -0.39 is 20.8 Å². The number of aryl methyl sites for hydroxylation is 1. The number of pyridine rings is 2. The van der Waals surface area contributed by atoms with Crippen LogP contribution in [-0.2, 0) is 20.1 Å². The fraction of sp³-hybridized carbons (Fsp3) is 0.250. The van der Waals surface area contributed by atoms with Crippen molar-refractivity contribution in [2.75, 3.05) is 0 Å². The second kappa shape index (κ2) is 16.8. The summed E-state index contributed by atoms with van der Waals surface area (Å²) < 4.78 is 40.7. The van der Waals surface area contributed by atoms with E-state index in [0.717, 1.165) is 61.1 Å². The Bertz CT molecular complexity index is 3080. The molecule has 0 fully saturated rings. The minimum atomic E-state index is -2.19. The minimum absolute atomic E-state index is 0. The first-order chi connectivity index (χ1) is 29.3. The van der Waals surface area contributed by atoms with E-state index in [0.29, 0.717) is 28.6 Å². The molecule has 0 aliphatic carbocycles. The van der Waals surface area contributed by atoms with E-state index in [9.17, 15) is 0 Å². The molecule has 0 atom stereocenters. The van der Waals surface area contributed by atoms with Gasteiger partial charge in [-0.25, -0.2) is 4.98 Å². The van der Waals surface area contributed by atoms with Gasteiger partial charge in [0.2, 0.25) is 5.71 Å². The van der Waals surface area contributed by atoms with Crippen LogP contribution in [0.4, 0.5) is 0 Å². The fourth-order valence-corrected chi connectivity index (χ4v) is 9.43. The predicted octanol–water partition coefficient (Wildman–Crippen LogP) is 13.7. The maximum absolute atomic E-state index is 8.44. The van der Waals surface area contributed by atoms with E-state index in [4.69, 9.17) is 19.9 Å². The Morgan fingerprint density at radius 2 is 1.47 bits per heavy atom. The van der Waals surface area contributed by atoms with E-state index in [2.05, 4.69) is 99.4 Å². The van der Waals surface area contributed by atoms with Crippen molar-refractivity contribution >= 4 is 57.3 Å². The number of aromatic nitrogens is 4. The number of fused-ring (bicyclic) bond motifs is 5. The van der Waals surface area contributed by atoms with Crippen LogP contribution in [0.1, 0.15) is 87.0 Å². The molecule has 0 aliphatic heterocycles. The van der Waals surface area contributed by atoms with Gasteiger partial charge in [-0.15, -0.1) is 54.1 Å². The molecule has 0 saturated carbocycles. The first kappa shape index (κ1) is 36.8. The monoisotopic (exact) mass is 973 g/mol. The molecule has 9 rings (SSSR count). The molecule has 9 aromatic rings. The number of hydrogen-bond acceptors (Lipinski definition) is 4. The Kier molecular flexibility index (Phi) is 10.5. The maximum atomic E-state index is 8.44. The van der Waals surface area contributed by atoms with Gasteiger partial charge in [-0.1, -0.05) is 126 Å². The zero-order valence-corrected chi connectivity index (χ0v) is 38.5. The number of benzene rings is 5. The number of hydrogen-bond donors (Lipinski definition) is 0. The van der Waals surface area contributed by atoms with Crippen molar-refractivity contribution in [3.8, 4) is 28.3 Å². The van der Waals surface area contributed by atoms with E-state index in [1.54, 1.807) is 18.2 Å². The van der Waals surface area contributed by atoms with Crippen molar-refractivity contribution in [3.05, 3.63) is 150 Å². The average molecular weight is 973 g/mol. The molecule has 4 aromatic heterocycles. The van der Waals surface area contributed by atoms with Crippen LogP contribution >= 0.6 is 0 Å². The minimum Gasteiger partial charge on any atom is -0.486 e. The summed E-state index contributed by atoms with van der Waals surface area (Å²) >= 11 is 0. The van der Waals surface area contributed by atoms with Crippen LogP contribution in [-0.4, -0.2) is 27.6 Å². The van der Waals surface area contributed by atoms with Crippen LogP contribution in [0.3, 0.4) is 0 Å². The molecular formula is C52H52IrN4OSi-2. The van der Waals surface area contributed by atoms with Crippen molar-refractivity contribution < 1.29 is 30.0 Å². The summed E-state index contributed by atoms with van der Waals surface area (Å²) in [6, 6.07) is 42.2. The van der Waals surface area contributed by atoms with Gasteiger partial charge < -0.3 is 14.0 Å². The van der Waals surface area contributed by atoms with Gasteiger partial charge in [-0.05, 0) is 76.9 Å². The number of furan rings is 1. The summed E-state index contributed by atoms with van der Waals surface area (Å²) in [5.41, 5.74) is 11.4. The Balaban J connectivity index is 0.000000239. The summed E-state index contributed by atoms with van der Waals surface area (Å²) in [4.78, 5) is 14.6. The molecule has 0 unspecified atom stereocenters. The molecule has 0 N–H and O–H groups in total. The number of para-hydroxylation sites is 3. The smallest absolute Gasteiger partial charge is 0.216 e. The van der Waals surface area contributed by atoms with E-state index >= 15 is 0 Å². The summed E-state index contributed by atoms with van der Waals surface area (Å²) in [6.07, 6.45) is 1.98. The van der Waals surface area contributed by atoms with Crippen LogP contribution in [0.2, 0.25) is 19.6 Å². The van der Waals surface area contributed by atoms with Crippen LogP contribution < -0.4 is 5.19 Å². The zero-order valence-electron chi connectivity index (χ0n) is 39.2. The van der Waals surface area contributed by atoms with Gasteiger partial charge in [0, 0.05) is 48.2 Å².